The topological polar surface area (TPSA) is 123 Å². The van der Waals surface area contributed by atoms with E-state index in [1.807, 2.05) is 0 Å². The number of hydrogen-bond donors (Lipinski definition) is 1. The van der Waals surface area contributed by atoms with Crippen molar-refractivity contribution in [2.24, 2.45) is 0 Å². The Morgan fingerprint density at radius 1 is 0.975 bits per heavy atom. The van der Waals surface area contributed by atoms with Crippen molar-refractivity contribution in [1.29, 1.82) is 0 Å². The molecule has 0 aliphatic carbocycles. The number of fused-ring (bicyclic) bond motifs is 2. The first-order chi connectivity index (χ1) is 19.3. The molecule has 6 rings (SSSR count). The van der Waals surface area contributed by atoms with E-state index < -0.39 is 23.3 Å². The molecular weight excluding hydrogens is 554 g/mol. The number of rotatable bonds is 5. The molecule has 0 bridgehead atoms. The van der Waals surface area contributed by atoms with Gasteiger partial charge in [-0.1, -0.05) is 53.3 Å². The van der Waals surface area contributed by atoms with Gasteiger partial charge in [0.2, 0.25) is 10.9 Å². The summed E-state index contributed by atoms with van der Waals surface area (Å²) >= 11 is 6.93. The van der Waals surface area contributed by atoms with Gasteiger partial charge in [0.15, 0.2) is 5.82 Å². The van der Waals surface area contributed by atoms with Crippen LogP contribution < -0.4 is 25.0 Å². The second-order valence-corrected chi connectivity index (χ2v) is 10.2. The molecule has 40 heavy (non-hydrogen) atoms. The molecule has 10 nitrogen and oxygen atoms in total. The van der Waals surface area contributed by atoms with E-state index in [1.165, 1.54) is 11.8 Å². The second kappa shape index (κ2) is 10.0. The van der Waals surface area contributed by atoms with Crippen LogP contribution >= 0.6 is 22.9 Å². The minimum absolute atomic E-state index is 0.160. The maximum absolute atomic E-state index is 13.6. The maximum atomic E-state index is 13.6. The predicted octanol–water partition coefficient (Wildman–Crippen LogP) is 3.30. The number of nitrogens with one attached hydrogen (secondary N) is 1. The van der Waals surface area contributed by atoms with Gasteiger partial charge < -0.3 is 10.1 Å². The van der Waals surface area contributed by atoms with Crippen LogP contribution in [0, 0.1) is 0 Å². The summed E-state index contributed by atoms with van der Waals surface area (Å²) in [6.07, 6.45) is 0. The minimum atomic E-state index is -0.519. The van der Waals surface area contributed by atoms with E-state index in [2.05, 4.69) is 15.4 Å². The summed E-state index contributed by atoms with van der Waals surface area (Å²) in [5, 5.41) is 7.63. The maximum Gasteiger partial charge on any atom is 0.308 e. The summed E-state index contributed by atoms with van der Waals surface area (Å²) in [4.78, 5) is 57.5. The molecule has 0 saturated heterocycles. The monoisotopic (exact) mass is 571 g/mol. The summed E-state index contributed by atoms with van der Waals surface area (Å²) in [7, 11) is 0. The van der Waals surface area contributed by atoms with Crippen molar-refractivity contribution in [2.45, 2.75) is 6.92 Å². The van der Waals surface area contributed by atoms with Crippen LogP contribution in [0.1, 0.15) is 12.5 Å². The van der Waals surface area contributed by atoms with Crippen LogP contribution in [0.2, 0.25) is 5.02 Å². The number of aromatic nitrogens is 3. The van der Waals surface area contributed by atoms with Gasteiger partial charge >= 0.3 is 5.97 Å². The number of anilines is 2. The number of carbonyl (C=O) groups is 3. The Balaban J connectivity index is 1.38. The van der Waals surface area contributed by atoms with Crippen molar-refractivity contribution in [3.8, 4) is 17.1 Å². The Hall–Kier alpha value is -4.87. The van der Waals surface area contributed by atoms with E-state index in [4.69, 9.17) is 16.3 Å². The fraction of sp³-hybridized carbons (Fsp3) is 0.0714. The Bertz CT molecular complexity index is 1950. The number of benzene rings is 3. The van der Waals surface area contributed by atoms with Gasteiger partial charge in [0, 0.05) is 23.2 Å². The molecule has 0 saturated carbocycles. The van der Waals surface area contributed by atoms with Gasteiger partial charge in [-0.3, -0.25) is 24.1 Å². The highest BCUT2D eigenvalue weighted by Crippen LogP contribution is 2.35. The van der Waals surface area contributed by atoms with Crippen molar-refractivity contribution >= 4 is 62.6 Å². The highest BCUT2D eigenvalue weighted by atomic mass is 35.5. The fourth-order valence-corrected chi connectivity index (χ4v) is 5.55. The van der Waals surface area contributed by atoms with E-state index in [9.17, 15) is 19.2 Å². The van der Waals surface area contributed by atoms with Gasteiger partial charge in [-0.25, -0.2) is 0 Å². The third-order valence-electron chi connectivity index (χ3n) is 6.12. The van der Waals surface area contributed by atoms with E-state index in [0.717, 1.165) is 15.9 Å². The first-order valence-corrected chi connectivity index (χ1v) is 13.2. The number of para-hydroxylation sites is 2. The van der Waals surface area contributed by atoms with Crippen LogP contribution in [-0.2, 0) is 14.4 Å². The predicted molar refractivity (Wildman–Crippen MR) is 150 cm³/mol. The van der Waals surface area contributed by atoms with E-state index in [0.29, 0.717) is 27.5 Å². The lowest BCUT2D eigenvalue weighted by Crippen LogP contribution is -2.37. The smallest absolute Gasteiger partial charge is 0.308 e. The van der Waals surface area contributed by atoms with Crippen LogP contribution in [0.5, 0.6) is 5.75 Å². The van der Waals surface area contributed by atoms with Crippen molar-refractivity contribution in [1.82, 2.24) is 14.6 Å². The average molecular weight is 572 g/mol. The summed E-state index contributed by atoms with van der Waals surface area (Å²) in [6.45, 7) is 1.03. The molecule has 0 atom stereocenters. The zero-order valence-corrected chi connectivity index (χ0v) is 22.3. The summed E-state index contributed by atoms with van der Waals surface area (Å²) < 4.78 is 6.53. The quantitative estimate of drug-likeness (QED) is 0.254. The molecule has 12 heteroatoms. The largest absolute Gasteiger partial charge is 0.426 e. The number of halogens is 1. The molecule has 0 fully saturated rings. The number of esters is 1. The lowest BCUT2D eigenvalue weighted by Gasteiger charge is -2.16. The zero-order chi connectivity index (χ0) is 28.0. The van der Waals surface area contributed by atoms with Gasteiger partial charge in [-0.05, 0) is 42.5 Å². The summed E-state index contributed by atoms with van der Waals surface area (Å²) in [6, 6.07) is 20.3. The minimum Gasteiger partial charge on any atom is -0.426 e. The Morgan fingerprint density at radius 3 is 2.40 bits per heavy atom. The average Bonchev–Trinajstić information content (AvgIpc) is 3.56. The zero-order valence-electron chi connectivity index (χ0n) is 20.8. The molecule has 3 aromatic carbocycles. The van der Waals surface area contributed by atoms with Crippen molar-refractivity contribution < 1.29 is 19.1 Å². The highest BCUT2D eigenvalue weighted by Gasteiger charge is 2.35. The molecule has 0 spiro atoms. The molecule has 0 unspecified atom stereocenters. The summed E-state index contributed by atoms with van der Waals surface area (Å²) in [5.41, 5.74) is 1.70. The molecule has 198 valence electrons. The molecule has 1 N–H and O–H groups in total. The van der Waals surface area contributed by atoms with Crippen LogP contribution in [0.15, 0.2) is 77.6 Å². The molecule has 3 heterocycles. The van der Waals surface area contributed by atoms with Crippen LogP contribution in [-0.4, -0.2) is 38.9 Å². The summed E-state index contributed by atoms with van der Waals surface area (Å²) in [5.74, 6) is -0.915. The lowest BCUT2D eigenvalue weighted by molar-refractivity contribution is -0.131. The number of ether oxygens (including phenoxy) is 1. The van der Waals surface area contributed by atoms with E-state index >= 15 is 0 Å². The highest BCUT2D eigenvalue weighted by molar-refractivity contribution is 7.15. The molecule has 5 aromatic rings. The first-order valence-electron chi connectivity index (χ1n) is 12.0. The van der Waals surface area contributed by atoms with Crippen LogP contribution in [0.4, 0.5) is 11.4 Å². The molecule has 2 aromatic heterocycles. The lowest BCUT2D eigenvalue weighted by atomic mass is 10.1. The Morgan fingerprint density at radius 2 is 1.68 bits per heavy atom. The SMILES string of the molecule is CC(=O)Oc1ccccc1-c1nc2sc(=C3C(=O)N(CC(=O)Nc4ccc(Cl)cc4)c4ccccc43)c(=O)n2n1. The normalized spacial score (nSPS) is 13.9. The molecule has 2 amide bonds. The number of hydrogen-bond acceptors (Lipinski definition) is 8. The number of thiazole rings is 1. The second-order valence-electron chi connectivity index (χ2n) is 8.79. The number of amides is 2. The van der Waals surface area contributed by atoms with Crippen molar-refractivity contribution in [3.63, 3.8) is 0 Å². The van der Waals surface area contributed by atoms with Crippen molar-refractivity contribution in [2.75, 3.05) is 16.8 Å². The molecule has 1 aliphatic heterocycles. The molecule has 1 aliphatic rings. The van der Waals surface area contributed by atoms with Crippen LogP contribution in [0.25, 0.3) is 21.9 Å². The van der Waals surface area contributed by atoms with Gasteiger partial charge in [0.05, 0.1) is 16.8 Å². The third kappa shape index (κ3) is 4.51. The van der Waals surface area contributed by atoms with E-state index in [1.54, 1.807) is 72.8 Å². The number of carbonyl (C=O) groups excluding carboxylic acids is 3. The van der Waals surface area contributed by atoms with Gasteiger partial charge in [0.1, 0.15) is 16.8 Å². The Kier molecular flexibility index (Phi) is 6.37. The van der Waals surface area contributed by atoms with Crippen molar-refractivity contribution in [3.05, 3.63) is 98.3 Å². The fourth-order valence-electron chi connectivity index (χ4n) is 4.43. The Labute approximate surface area is 235 Å². The molecular formula is C28H18ClN5O5S. The first kappa shape index (κ1) is 25.4. The van der Waals surface area contributed by atoms with Gasteiger partial charge in [-0.15, -0.1) is 5.10 Å². The number of nitrogens with zero attached hydrogens (tertiary/aromatic N) is 4. The van der Waals surface area contributed by atoms with E-state index in [-0.39, 0.29) is 33.2 Å². The molecule has 0 radical (unpaired) electrons. The third-order valence-corrected chi connectivity index (χ3v) is 7.40. The van der Waals surface area contributed by atoms with Crippen LogP contribution in [0.3, 0.4) is 0 Å². The van der Waals surface area contributed by atoms with Gasteiger partial charge in [-0.2, -0.15) is 9.50 Å². The standard InChI is InChI=1S/C28H18ClN5O5S/c1-15(35)39-21-9-5-3-7-19(21)25-31-28-34(32-25)27(38)24(40-28)23-18-6-2-4-8-20(18)33(26(23)37)14-22(36)30-17-12-10-16(29)11-13-17/h2-13H,14H2,1H3,(H,30,36). The van der Waals surface area contributed by atoms with Gasteiger partial charge in [0.25, 0.3) is 11.5 Å².